The third-order valence-corrected chi connectivity index (χ3v) is 5.07. The van der Waals surface area contributed by atoms with E-state index in [0.717, 1.165) is 10.8 Å². The zero-order chi connectivity index (χ0) is 22.8. The maximum Gasteiger partial charge on any atom is 0.436 e. The van der Waals surface area contributed by atoms with Gasteiger partial charge in [0.2, 0.25) is 0 Å². The summed E-state index contributed by atoms with van der Waals surface area (Å²) in [6, 6.07) is 12.1. The normalized spacial score (nSPS) is 12.5. The van der Waals surface area contributed by atoms with Gasteiger partial charge in [0.25, 0.3) is 5.56 Å². The number of benzene rings is 2. The number of alkyl halides is 5. The number of aromatic nitrogens is 4. The summed E-state index contributed by atoms with van der Waals surface area (Å²) in [4.78, 5) is 16.7. The number of hydrogen-bond acceptors (Lipinski definition) is 3. The highest BCUT2D eigenvalue weighted by molar-refractivity contribution is 6.04. The molecule has 32 heavy (non-hydrogen) atoms. The largest absolute Gasteiger partial charge is 0.436 e. The molecular weight excluding hydrogens is 438 g/mol. The zero-order valence-electron chi connectivity index (χ0n) is 15.7. The van der Waals surface area contributed by atoms with E-state index in [0.29, 0.717) is 16.8 Å². The fourth-order valence-electron chi connectivity index (χ4n) is 3.72. The van der Waals surface area contributed by atoms with E-state index in [2.05, 4.69) is 10.1 Å². The SMILES string of the molecule is O=c1c2nn(C(F)F)cc2c2cc(F)c(C(F)(F)F)nc2n1-c1cccc2ccccc12. The van der Waals surface area contributed by atoms with Crippen molar-refractivity contribution in [1.82, 2.24) is 19.3 Å². The Morgan fingerprint density at radius 3 is 2.38 bits per heavy atom. The summed E-state index contributed by atoms with van der Waals surface area (Å²) in [5.41, 5.74) is -3.61. The Hall–Kier alpha value is -3.89. The Labute approximate surface area is 174 Å². The van der Waals surface area contributed by atoms with Crippen molar-refractivity contribution in [3.63, 3.8) is 0 Å². The highest BCUT2D eigenvalue weighted by Gasteiger charge is 2.37. The number of fused-ring (bicyclic) bond motifs is 4. The molecule has 0 aliphatic carbocycles. The maximum atomic E-state index is 14.4. The smallest absolute Gasteiger partial charge is 0.266 e. The van der Waals surface area contributed by atoms with Crippen molar-refractivity contribution in [2.24, 2.45) is 0 Å². The number of nitrogens with zero attached hydrogens (tertiary/aromatic N) is 4. The fraction of sp³-hybridized carbons (Fsp3) is 0.0952. The molecule has 0 atom stereocenters. The molecule has 0 unspecified atom stereocenters. The summed E-state index contributed by atoms with van der Waals surface area (Å²) < 4.78 is 82.0. The Kier molecular flexibility index (Phi) is 4.26. The van der Waals surface area contributed by atoms with Gasteiger partial charge < -0.3 is 0 Å². The van der Waals surface area contributed by atoms with Crippen molar-refractivity contribution in [1.29, 1.82) is 0 Å². The lowest BCUT2D eigenvalue weighted by Crippen LogP contribution is -2.22. The van der Waals surface area contributed by atoms with Crippen molar-refractivity contribution in [3.05, 3.63) is 76.6 Å². The molecule has 11 heteroatoms. The monoisotopic (exact) mass is 448 g/mol. The predicted octanol–water partition coefficient (Wildman–Crippen LogP) is 5.44. The summed E-state index contributed by atoms with van der Waals surface area (Å²) in [6.45, 7) is -3.12. The molecule has 2 aromatic carbocycles. The van der Waals surface area contributed by atoms with Gasteiger partial charge in [0, 0.05) is 22.4 Å². The Morgan fingerprint density at radius 2 is 1.66 bits per heavy atom. The van der Waals surface area contributed by atoms with Gasteiger partial charge in [0.1, 0.15) is 5.65 Å². The van der Waals surface area contributed by atoms with Crippen LogP contribution in [-0.2, 0) is 6.18 Å². The first kappa shape index (κ1) is 20.0. The van der Waals surface area contributed by atoms with Crippen molar-refractivity contribution >= 4 is 32.7 Å². The van der Waals surface area contributed by atoms with E-state index in [9.17, 15) is 31.1 Å². The van der Waals surface area contributed by atoms with Crippen molar-refractivity contribution in [2.45, 2.75) is 12.7 Å². The summed E-state index contributed by atoms with van der Waals surface area (Å²) in [7, 11) is 0. The van der Waals surface area contributed by atoms with Crippen LogP contribution in [0, 0.1) is 5.82 Å². The van der Waals surface area contributed by atoms with E-state index >= 15 is 0 Å². The molecule has 0 radical (unpaired) electrons. The molecule has 0 fully saturated rings. The van der Waals surface area contributed by atoms with E-state index in [1.807, 2.05) is 0 Å². The maximum absolute atomic E-state index is 14.4. The summed E-state index contributed by atoms with van der Waals surface area (Å²) in [6.07, 6.45) is -4.36. The van der Waals surface area contributed by atoms with Gasteiger partial charge in [-0.15, -0.1) is 0 Å². The van der Waals surface area contributed by atoms with E-state index in [1.54, 1.807) is 36.4 Å². The van der Waals surface area contributed by atoms with E-state index in [-0.39, 0.29) is 21.1 Å². The van der Waals surface area contributed by atoms with Gasteiger partial charge in [-0.3, -0.25) is 9.36 Å². The molecule has 3 aromatic heterocycles. The third kappa shape index (κ3) is 2.92. The molecule has 0 bridgehead atoms. The topological polar surface area (TPSA) is 52.7 Å². The van der Waals surface area contributed by atoms with Crippen LogP contribution in [0.3, 0.4) is 0 Å². The van der Waals surface area contributed by atoms with E-state index < -0.39 is 41.0 Å². The minimum Gasteiger partial charge on any atom is -0.266 e. The molecule has 0 saturated heterocycles. The van der Waals surface area contributed by atoms with Gasteiger partial charge in [-0.05, 0) is 17.5 Å². The van der Waals surface area contributed by atoms with Crippen molar-refractivity contribution in [3.8, 4) is 5.69 Å². The summed E-state index contributed by atoms with van der Waals surface area (Å²) >= 11 is 0. The predicted molar refractivity (Wildman–Crippen MR) is 104 cm³/mol. The molecule has 5 nitrogen and oxygen atoms in total. The van der Waals surface area contributed by atoms with Crippen LogP contribution >= 0.6 is 0 Å². The Morgan fingerprint density at radius 1 is 0.938 bits per heavy atom. The molecular formula is C21H10F6N4O. The first-order valence-corrected chi connectivity index (χ1v) is 9.14. The molecule has 5 aromatic rings. The average Bonchev–Trinajstić information content (AvgIpc) is 3.20. The molecule has 0 N–H and O–H groups in total. The van der Waals surface area contributed by atoms with Gasteiger partial charge >= 0.3 is 12.7 Å². The first-order chi connectivity index (χ1) is 15.2. The van der Waals surface area contributed by atoms with Crippen LogP contribution in [0.4, 0.5) is 26.3 Å². The molecule has 162 valence electrons. The van der Waals surface area contributed by atoms with Crippen LogP contribution in [0.15, 0.2) is 59.5 Å². The molecule has 0 spiro atoms. The minimum absolute atomic E-state index is 0.152. The summed E-state index contributed by atoms with van der Waals surface area (Å²) in [5.74, 6) is -1.70. The lowest BCUT2D eigenvalue weighted by molar-refractivity contribution is -0.143. The minimum atomic E-state index is -5.14. The summed E-state index contributed by atoms with van der Waals surface area (Å²) in [5, 5.41) is 4.26. The van der Waals surface area contributed by atoms with Crippen LogP contribution in [0.2, 0.25) is 0 Å². The van der Waals surface area contributed by atoms with Crippen molar-refractivity contribution < 1.29 is 26.3 Å². The zero-order valence-corrected chi connectivity index (χ0v) is 15.7. The lowest BCUT2D eigenvalue weighted by atomic mass is 10.1. The van der Waals surface area contributed by atoms with Crippen LogP contribution in [-0.4, -0.2) is 19.3 Å². The Bertz CT molecular complexity index is 1580. The molecule has 0 aliphatic heterocycles. The number of hydrogen-bond donors (Lipinski definition) is 0. The highest BCUT2D eigenvalue weighted by atomic mass is 19.4. The van der Waals surface area contributed by atoms with Crippen LogP contribution < -0.4 is 5.56 Å². The quantitative estimate of drug-likeness (QED) is 0.338. The Balaban J connectivity index is 2.03. The second kappa shape index (κ2) is 6.81. The molecule has 3 heterocycles. The lowest BCUT2D eigenvalue weighted by Gasteiger charge is -2.15. The molecule has 0 aliphatic rings. The average molecular weight is 448 g/mol. The van der Waals surface area contributed by atoms with Crippen molar-refractivity contribution in [2.75, 3.05) is 0 Å². The third-order valence-electron chi connectivity index (χ3n) is 5.07. The van der Waals surface area contributed by atoms with Gasteiger partial charge in [-0.2, -0.15) is 27.1 Å². The van der Waals surface area contributed by atoms with Gasteiger partial charge in [0.05, 0.1) is 5.69 Å². The van der Waals surface area contributed by atoms with Gasteiger partial charge in [0.15, 0.2) is 17.0 Å². The standard InChI is InChI=1S/C21H10F6N4O/c22-14-8-12-13-9-30(20(23)24)29-16(13)19(32)31(18(12)28-17(14)21(25,26)27)15-7-3-5-10-4-1-2-6-11(10)15/h1-9,20H. The second-order valence-corrected chi connectivity index (χ2v) is 6.98. The van der Waals surface area contributed by atoms with Crippen LogP contribution in [0.1, 0.15) is 12.2 Å². The van der Waals surface area contributed by atoms with Crippen LogP contribution in [0.25, 0.3) is 38.4 Å². The van der Waals surface area contributed by atoms with E-state index in [1.165, 1.54) is 6.07 Å². The van der Waals surface area contributed by atoms with E-state index in [4.69, 9.17) is 0 Å². The molecule has 5 rings (SSSR count). The highest BCUT2D eigenvalue weighted by Crippen LogP contribution is 2.34. The molecule has 0 amide bonds. The van der Waals surface area contributed by atoms with Gasteiger partial charge in [-0.25, -0.2) is 14.1 Å². The van der Waals surface area contributed by atoms with Gasteiger partial charge in [-0.1, -0.05) is 36.4 Å². The fourth-order valence-corrected chi connectivity index (χ4v) is 3.72. The number of rotatable bonds is 2. The first-order valence-electron chi connectivity index (χ1n) is 9.14. The molecule has 0 saturated carbocycles. The second-order valence-electron chi connectivity index (χ2n) is 6.98. The van der Waals surface area contributed by atoms with Crippen LogP contribution in [0.5, 0.6) is 0 Å². The number of pyridine rings is 2. The number of halogens is 6.